The van der Waals surface area contributed by atoms with Gasteiger partial charge in [0.15, 0.2) is 0 Å². The maximum Gasteiger partial charge on any atom is 0.260 e. The maximum absolute atomic E-state index is 12.4. The number of rotatable bonds is 3. The zero-order chi connectivity index (χ0) is 14.7. The Morgan fingerprint density at radius 1 is 1.20 bits per heavy atom. The van der Waals surface area contributed by atoms with Gasteiger partial charge in [0.25, 0.3) is 5.91 Å². The second-order valence-corrected chi connectivity index (χ2v) is 4.73. The molecular formula is C15H15ClN2O2. The lowest BCUT2D eigenvalue weighted by atomic mass is 10.1. The van der Waals surface area contributed by atoms with Crippen molar-refractivity contribution in [3.05, 3.63) is 53.1 Å². The summed E-state index contributed by atoms with van der Waals surface area (Å²) < 4.78 is 5.09. The van der Waals surface area contributed by atoms with E-state index in [1.54, 1.807) is 44.5 Å². The fraction of sp³-hybridized carbons (Fsp3) is 0.133. The van der Waals surface area contributed by atoms with Gasteiger partial charge in [-0.05, 0) is 42.5 Å². The third-order valence-electron chi connectivity index (χ3n) is 3.01. The summed E-state index contributed by atoms with van der Waals surface area (Å²) in [7, 11) is 3.29. The molecule has 1 amide bonds. The number of hydrogen-bond donors (Lipinski definition) is 1. The van der Waals surface area contributed by atoms with E-state index >= 15 is 0 Å². The van der Waals surface area contributed by atoms with Gasteiger partial charge in [-0.25, -0.2) is 0 Å². The molecule has 2 rings (SSSR count). The highest BCUT2D eigenvalue weighted by molar-refractivity contribution is 6.31. The van der Waals surface area contributed by atoms with Crippen molar-refractivity contribution in [2.24, 2.45) is 0 Å². The Hall–Kier alpha value is -2.20. The minimum absolute atomic E-state index is 0.190. The number of anilines is 2. The van der Waals surface area contributed by atoms with Crippen LogP contribution < -0.4 is 15.4 Å². The normalized spacial score (nSPS) is 10.2. The molecule has 0 aliphatic rings. The van der Waals surface area contributed by atoms with Gasteiger partial charge in [0.2, 0.25) is 0 Å². The molecule has 0 aliphatic heterocycles. The van der Waals surface area contributed by atoms with Crippen LogP contribution in [-0.4, -0.2) is 20.1 Å². The van der Waals surface area contributed by atoms with Gasteiger partial charge in [-0.15, -0.1) is 0 Å². The topological polar surface area (TPSA) is 55.6 Å². The van der Waals surface area contributed by atoms with E-state index in [1.807, 2.05) is 12.1 Å². The van der Waals surface area contributed by atoms with Crippen molar-refractivity contribution in [2.45, 2.75) is 0 Å². The first-order chi connectivity index (χ1) is 9.52. The molecule has 2 aromatic carbocycles. The molecule has 104 valence electrons. The van der Waals surface area contributed by atoms with Gasteiger partial charge in [0, 0.05) is 23.4 Å². The highest BCUT2D eigenvalue weighted by Gasteiger charge is 2.16. The number of ether oxygens (including phenoxy) is 1. The van der Waals surface area contributed by atoms with Crippen molar-refractivity contribution in [3.8, 4) is 5.75 Å². The van der Waals surface area contributed by atoms with Crippen LogP contribution in [0.5, 0.6) is 5.75 Å². The van der Waals surface area contributed by atoms with Crippen LogP contribution in [0.1, 0.15) is 10.4 Å². The van der Waals surface area contributed by atoms with Crippen molar-refractivity contribution in [1.82, 2.24) is 0 Å². The van der Waals surface area contributed by atoms with Gasteiger partial charge in [-0.2, -0.15) is 0 Å². The number of halogens is 1. The van der Waals surface area contributed by atoms with Gasteiger partial charge in [0.1, 0.15) is 5.75 Å². The van der Waals surface area contributed by atoms with E-state index in [2.05, 4.69) is 0 Å². The summed E-state index contributed by atoms with van der Waals surface area (Å²) in [6, 6.07) is 12.0. The summed E-state index contributed by atoms with van der Waals surface area (Å²) in [6.07, 6.45) is 0. The Morgan fingerprint density at radius 2 is 1.85 bits per heavy atom. The van der Waals surface area contributed by atoms with Crippen LogP contribution in [0, 0.1) is 0 Å². The fourth-order valence-electron chi connectivity index (χ4n) is 1.83. The predicted octanol–water partition coefficient (Wildman–Crippen LogP) is 3.21. The average Bonchev–Trinajstić information content (AvgIpc) is 2.46. The number of methoxy groups -OCH3 is 1. The van der Waals surface area contributed by atoms with E-state index in [4.69, 9.17) is 22.1 Å². The highest BCUT2D eigenvalue weighted by Crippen LogP contribution is 2.23. The Balaban J connectivity index is 2.27. The lowest BCUT2D eigenvalue weighted by Gasteiger charge is -2.18. The Morgan fingerprint density at radius 3 is 2.40 bits per heavy atom. The lowest BCUT2D eigenvalue weighted by molar-refractivity contribution is 0.0994. The minimum atomic E-state index is -0.190. The summed E-state index contributed by atoms with van der Waals surface area (Å²) in [4.78, 5) is 13.9. The van der Waals surface area contributed by atoms with Gasteiger partial charge in [-0.3, -0.25) is 4.79 Å². The Bertz CT molecular complexity index is 626. The molecular weight excluding hydrogens is 276 g/mol. The number of amides is 1. The van der Waals surface area contributed by atoms with Crippen molar-refractivity contribution >= 4 is 28.9 Å². The lowest BCUT2D eigenvalue weighted by Crippen LogP contribution is -2.26. The van der Waals surface area contributed by atoms with Crippen LogP contribution in [0.4, 0.5) is 11.4 Å². The summed E-state index contributed by atoms with van der Waals surface area (Å²) in [5, 5.41) is 0.506. The molecule has 0 unspecified atom stereocenters. The van der Waals surface area contributed by atoms with E-state index in [-0.39, 0.29) is 5.91 Å². The van der Waals surface area contributed by atoms with Crippen molar-refractivity contribution in [2.75, 3.05) is 24.8 Å². The number of carbonyl (C=O) groups is 1. The molecule has 2 aromatic rings. The first-order valence-electron chi connectivity index (χ1n) is 6.00. The molecule has 5 heteroatoms. The molecule has 0 fully saturated rings. The van der Waals surface area contributed by atoms with Crippen molar-refractivity contribution in [3.63, 3.8) is 0 Å². The first-order valence-corrected chi connectivity index (χ1v) is 6.38. The van der Waals surface area contributed by atoms with E-state index in [9.17, 15) is 4.79 Å². The zero-order valence-electron chi connectivity index (χ0n) is 11.3. The molecule has 0 spiro atoms. The largest absolute Gasteiger partial charge is 0.497 e. The van der Waals surface area contributed by atoms with Gasteiger partial charge >= 0.3 is 0 Å². The fourth-order valence-corrected chi connectivity index (χ4v) is 2.01. The molecule has 20 heavy (non-hydrogen) atoms. The second kappa shape index (κ2) is 5.84. The van der Waals surface area contributed by atoms with E-state index in [0.717, 1.165) is 11.4 Å². The van der Waals surface area contributed by atoms with Crippen LogP contribution >= 0.6 is 11.6 Å². The van der Waals surface area contributed by atoms with Crippen LogP contribution in [0.2, 0.25) is 5.02 Å². The molecule has 0 heterocycles. The summed E-state index contributed by atoms with van der Waals surface area (Å²) >= 11 is 5.83. The number of nitrogens with two attached hydrogens (primary N) is 1. The molecule has 4 nitrogen and oxygen atoms in total. The van der Waals surface area contributed by atoms with Crippen LogP contribution in [0.25, 0.3) is 0 Å². The predicted molar refractivity (Wildman–Crippen MR) is 81.6 cm³/mol. The van der Waals surface area contributed by atoms with Crippen LogP contribution in [0.15, 0.2) is 42.5 Å². The van der Waals surface area contributed by atoms with Crippen LogP contribution in [-0.2, 0) is 0 Å². The summed E-state index contributed by atoms with van der Waals surface area (Å²) in [6.45, 7) is 0. The Kier molecular flexibility index (Phi) is 4.15. The molecule has 0 saturated carbocycles. The third-order valence-corrected chi connectivity index (χ3v) is 3.24. The molecule has 2 N–H and O–H groups in total. The number of carbonyl (C=O) groups excluding carboxylic acids is 1. The quantitative estimate of drug-likeness (QED) is 0.883. The highest BCUT2D eigenvalue weighted by atomic mass is 35.5. The standard InChI is InChI=1S/C15H15ClN2O2/c1-18(11-4-6-12(20-2)7-5-11)15(19)13-8-3-10(16)9-14(13)17/h3-9H,17H2,1-2H3. The second-order valence-electron chi connectivity index (χ2n) is 4.29. The van der Waals surface area contributed by atoms with Gasteiger partial charge in [-0.1, -0.05) is 11.6 Å². The molecule has 0 aromatic heterocycles. The molecule has 0 aliphatic carbocycles. The summed E-state index contributed by atoms with van der Waals surface area (Å²) in [5.74, 6) is 0.546. The van der Waals surface area contributed by atoms with E-state index in [1.165, 1.54) is 4.90 Å². The van der Waals surface area contributed by atoms with E-state index < -0.39 is 0 Å². The molecule has 0 radical (unpaired) electrons. The number of nitrogen functional groups attached to an aromatic ring is 1. The van der Waals surface area contributed by atoms with Crippen molar-refractivity contribution in [1.29, 1.82) is 0 Å². The van der Waals surface area contributed by atoms with Gasteiger partial charge in [0.05, 0.1) is 12.7 Å². The summed E-state index contributed by atoms with van der Waals surface area (Å²) in [5.41, 5.74) is 7.37. The van der Waals surface area contributed by atoms with Gasteiger partial charge < -0.3 is 15.4 Å². The number of benzene rings is 2. The average molecular weight is 291 g/mol. The molecule has 0 bridgehead atoms. The van der Waals surface area contributed by atoms with Crippen LogP contribution in [0.3, 0.4) is 0 Å². The maximum atomic E-state index is 12.4. The first kappa shape index (κ1) is 14.2. The zero-order valence-corrected chi connectivity index (χ0v) is 12.0. The third kappa shape index (κ3) is 2.86. The SMILES string of the molecule is COc1ccc(N(C)C(=O)c2ccc(Cl)cc2N)cc1. The Labute approximate surface area is 122 Å². The monoisotopic (exact) mass is 290 g/mol. The molecule has 0 atom stereocenters. The number of nitrogens with zero attached hydrogens (tertiary/aromatic N) is 1. The smallest absolute Gasteiger partial charge is 0.260 e. The number of hydrogen-bond acceptors (Lipinski definition) is 3. The minimum Gasteiger partial charge on any atom is -0.497 e. The van der Waals surface area contributed by atoms with E-state index in [0.29, 0.717) is 16.3 Å². The molecule has 0 saturated heterocycles. The van der Waals surface area contributed by atoms with Crippen molar-refractivity contribution < 1.29 is 9.53 Å².